The molecule has 1 heterocycles. The number of amides is 1. The lowest BCUT2D eigenvalue weighted by atomic mass is 10.2. The van der Waals surface area contributed by atoms with Gasteiger partial charge in [-0.2, -0.15) is 16.1 Å². The highest BCUT2D eigenvalue weighted by Crippen LogP contribution is 2.25. The number of morpholine rings is 1. The second kappa shape index (κ2) is 11.2. The molecule has 0 saturated carbocycles. The van der Waals surface area contributed by atoms with Crippen molar-refractivity contribution >= 4 is 39.3 Å². The molecule has 10 heteroatoms. The van der Waals surface area contributed by atoms with Crippen molar-refractivity contribution in [1.82, 2.24) is 9.62 Å². The number of hydrogen-bond donors (Lipinski definition) is 1. The van der Waals surface area contributed by atoms with Crippen LogP contribution in [-0.4, -0.2) is 64.3 Å². The van der Waals surface area contributed by atoms with Crippen molar-refractivity contribution in [3.63, 3.8) is 0 Å². The molecular formula is C21H25ClN2O5S2. The molecule has 0 bridgehead atoms. The first-order chi connectivity index (χ1) is 14.9. The molecule has 1 saturated heterocycles. The number of ether oxygens (including phenoxy) is 2. The fourth-order valence-corrected chi connectivity index (χ4v) is 5.44. The van der Waals surface area contributed by atoms with E-state index in [1.165, 1.54) is 29.6 Å². The number of hydrogen-bond acceptors (Lipinski definition) is 6. The molecule has 0 spiro atoms. The lowest BCUT2D eigenvalue weighted by molar-refractivity contribution is 0.0730. The number of nitrogens with zero attached hydrogens (tertiary/aromatic N) is 1. The Morgan fingerprint density at radius 2 is 1.90 bits per heavy atom. The second-order valence-electron chi connectivity index (χ2n) is 6.81. The number of rotatable bonds is 9. The summed E-state index contributed by atoms with van der Waals surface area (Å²) in [4.78, 5) is 12.8. The minimum Gasteiger partial charge on any atom is -0.496 e. The number of nitrogens with one attached hydrogen (secondary N) is 1. The summed E-state index contributed by atoms with van der Waals surface area (Å²) in [5, 5.41) is 3.54. The number of halogens is 1. The molecular weight excluding hydrogens is 460 g/mol. The van der Waals surface area contributed by atoms with Gasteiger partial charge in [-0.25, -0.2) is 8.42 Å². The average Bonchev–Trinajstić information content (AvgIpc) is 2.80. The first kappa shape index (κ1) is 23.9. The smallest absolute Gasteiger partial charge is 0.255 e. The van der Waals surface area contributed by atoms with Gasteiger partial charge in [-0.3, -0.25) is 4.79 Å². The van der Waals surface area contributed by atoms with Crippen LogP contribution in [-0.2, 0) is 20.5 Å². The first-order valence-electron chi connectivity index (χ1n) is 9.78. The minimum atomic E-state index is -3.70. The van der Waals surface area contributed by atoms with Crippen LogP contribution in [0.1, 0.15) is 15.9 Å². The van der Waals surface area contributed by atoms with E-state index in [2.05, 4.69) is 5.32 Å². The molecule has 1 amide bonds. The number of benzene rings is 2. The van der Waals surface area contributed by atoms with Gasteiger partial charge in [0.1, 0.15) is 5.75 Å². The molecule has 0 aromatic heterocycles. The number of sulfonamides is 1. The molecule has 31 heavy (non-hydrogen) atoms. The molecule has 0 radical (unpaired) electrons. The number of carbonyl (C=O) groups is 1. The molecule has 168 valence electrons. The summed E-state index contributed by atoms with van der Waals surface area (Å²) < 4.78 is 37.7. The van der Waals surface area contributed by atoms with Crippen LogP contribution in [0.25, 0.3) is 0 Å². The van der Waals surface area contributed by atoms with Crippen LogP contribution < -0.4 is 10.1 Å². The van der Waals surface area contributed by atoms with Crippen LogP contribution in [0.4, 0.5) is 0 Å². The van der Waals surface area contributed by atoms with E-state index in [4.69, 9.17) is 21.1 Å². The highest BCUT2D eigenvalue weighted by Gasteiger charge is 2.28. The van der Waals surface area contributed by atoms with Gasteiger partial charge in [0, 0.05) is 36.2 Å². The number of carbonyl (C=O) groups excluding carboxylic acids is 1. The van der Waals surface area contributed by atoms with Crippen molar-refractivity contribution in [1.29, 1.82) is 0 Å². The lowest BCUT2D eigenvalue weighted by Gasteiger charge is -2.26. The Hall–Kier alpha value is -1.78. The van der Waals surface area contributed by atoms with Gasteiger partial charge < -0.3 is 14.8 Å². The molecule has 2 aromatic rings. The molecule has 3 rings (SSSR count). The maximum atomic E-state index is 12.9. The predicted octanol–water partition coefficient (Wildman–Crippen LogP) is 3.03. The maximum absolute atomic E-state index is 12.9. The van der Waals surface area contributed by atoms with Crippen molar-refractivity contribution in [2.75, 3.05) is 45.7 Å². The summed E-state index contributed by atoms with van der Waals surface area (Å²) in [6.07, 6.45) is 0. The van der Waals surface area contributed by atoms with Gasteiger partial charge in [-0.15, -0.1) is 0 Å². The Kier molecular flexibility index (Phi) is 8.62. The Morgan fingerprint density at radius 3 is 2.58 bits per heavy atom. The van der Waals surface area contributed by atoms with E-state index in [0.717, 1.165) is 11.3 Å². The molecule has 7 nitrogen and oxygen atoms in total. The van der Waals surface area contributed by atoms with Gasteiger partial charge in [0.25, 0.3) is 5.91 Å². The Labute approximate surface area is 192 Å². The summed E-state index contributed by atoms with van der Waals surface area (Å²) >= 11 is 7.57. The number of thioether (sulfide) groups is 1. The van der Waals surface area contributed by atoms with E-state index >= 15 is 0 Å². The lowest BCUT2D eigenvalue weighted by Crippen LogP contribution is -2.40. The summed E-state index contributed by atoms with van der Waals surface area (Å²) in [7, 11) is -2.25. The van der Waals surface area contributed by atoms with Crippen molar-refractivity contribution < 1.29 is 22.7 Å². The standard InChI is InChI=1S/C21H25ClN2O5S2/c1-28-20-7-6-18(31(26,27)24-9-11-29-12-10-24)14-19(20)21(25)23-8-13-30-15-16-2-4-17(22)5-3-16/h2-7,14H,8-13,15H2,1H3,(H,23,25). The minimum absolute atomic E-state index is 0.0671. The van der Waals surface area contributed by atoms with Crippen molar-refractivity contribution in [2.45, 2.75) is 10.6 Å². The van der Waals surface area contributed by atoms with E-state index in [1.807, 2.05) is 24.3 Å². The molecule has 1 aliphatic rings. The van der Waals surface area contributed by atoms with Gasteiger partial charge in [0.05, 0.1) is 30.8 Å². The van der Waals surface area contributed by atoms with Crippen molar-refractivity contribution in [3.8, 4) is 5.75 Å². The van der Waals surface area contributed by atoms with Crippen molar-refractivity contribution in [3.05, 3.63) is 58.6 Å². The molecule has 1 fully saturated rings. The van der Waals surface area contributed by atoms with E-state index in [1.54, 1.807) is 11.8 Å². The third kappa shape index (κ3) is 6.36. The van der Waals surface area contributed by atoms with E-state index in [-0.39, 0.29) is 16.4 Å². The van der Waals surface area contributed by atoms with Crippen LogP contribution in [0, 0.1) is 0 Å². The SMILES string of the molecule is COc1ccc(S(=O)(=O)N2CCOCC2)cc1C(=O)NCCSCc1ccc(Cl)cc1. The summed E-state index contributed by atoms with van der Waals surface area (Å²) in [5.41, 5.74) is 1.35. The maximum Gasteiger partial charge on any atom is 0.255 e. The fourth-order valence-electron chi connectivity index (χ4n) is 3.06. The normalized spacial score (nSPS) is 14.9. The second-order valence-corrected chi connectivity index (χ2v) is 10.3. The fraction of sp³-hybridized carbons (Fsp3) is 0.381. The van der Waals surface area contributed by atoms with E-state index in [9.17, 15) is 13.2 Å². The summed E-state index contributed by atoms with van der Waals surface area (Å²) in [5.74, 6) is 1.47. The number of methoxy groups -OCH3 is 1. The molecule has 0 atom stereocenters. The Balaban J connectivity index is 1.60. The van der Waals surface area contributed by atoms with Gasteiger partial charge in [0.15, 0.2) is 0 Å². The van der Waals surface area contributed by atoms with Gasteiger partial charge in [-0.05, 0) is 35.9 Å². The quantitative estimate of drug-likeness (QED) is 0.551. The zero-order valence-corrected chi connectivity index (χ0v) is 19.6. The summed E-state index contributed by atoms with van der Waals surface area (Å²) in [6.45, 7) is 1.75. The van der Waals surface area contributed by atoms with Crippen LogP contribution >= 0.6 is 23.4 Å². The van der Waals surface area contributed by atoms with Crippen LogP contribution in [0.2, 0.25) is 5.02 Å². The highest BCUT2D eigenvalue weighted by molar-refractivity contribution is 7.98. The van der Waals surface area contributed by atoms with Gasteiger partial charge in [0.2, 0.25) is 10.0 Å². The zero-order valence-electron chi connectivity index (χ0n) is 17.2. The van der Waals surface area contributed by atoms with E-state index < -0.39 is 10.0 Å². The third-order valence-corrected chi connectivity index (χ3v) is 7.91. The van der Waals surface area contributed by atoms with Crippen LogP contribution in [0.15, 0.2) is 47.4 Å². The zero-order chi connectivity index (χ0) is 22.3. The predicted molar refractivity (Wildman–Crippen MR) is 123 cm³/mol. The monoisotopic (exact) mass is 484 g/mol. The van der Waals surface area contributed by atoms with Gasteiger partial charge >= 0.3 is 0 Å². The molecule has 0 unspecified atom stereocenters. The molecule has 1 N–H and O–H groups in total. The molecule has 2 aromatic carbocycles. The first-order valence-corrected chi connectivity index (χ1v) is 12.8. The van der Waals surface area contributed by atoms with Crippen LogP contribution in [0.5, 0.6) is 5.75 Å². The van der Waals surface area contributed by atoms with Crippen molar-refractivity contribution in [2.24, 2.45) is 0 Å². The highest BCUT2D eigenvalue weighted by atomic mass is 35.5. The topological polar surface area (TPSA) is 84.9 Å². The molecule has 1 aliphatic heterocycles. The van der Waals surface area contributed by atoms with Crippen LogP contribution in [0.3, 0.4) is 0 Å². The Morgan fingerprint density at radius 1 is 1.19 bits per heavy atom. The van der Waals surface area contributed by atoms with Gasteiger partial charge in [-0.1, -0.05) is 23.7 Å². The van der Waals surface area contributed by atoms with E-state index in [0.29, 0.717) is 49.4 Å². The average molecular weight is 485 g/mol. The largest absolute Gasteiger partial charge is 0.496 e. The third-order valence-electron chi connectivity index (χ3n) is 4.74. The molecule has 0 aliphatic carbocycles. The Bertz CT molecular complexity index is 993. The summed E-state index contributed by atoms with van der Waals surface area (Å²) in [6, 6.07) is 12.0.